The Labute approximate surface area is 168 Å². The minimum atomic E-state index is -0.170. The van der Waals surface area contributed by atoms with E-state index in [4.69, 9.17) is 0 Å². The number of hydrogen-bond donors (Lipinski definition) is 0. The number of carbonyl (C=O) groups excluding carboxylic acids is 1. The van der Waals surface area contributed by atoms with Crippen LogP contribution in [0.3, 0.4) is 0 Å². The third-order valence-corrected chi connectivity index (χ3v) is 5.68. The molecule has 1 aliphatic heterocycles. The van der Waals surface area contributed by atoms with E-state index in [2.05, 4.69) is 20.1 Å². The zero-order chi connectivity index (χ0) is 20.7. The molecular formula is C20H25N7O2. The van der Waals surface area contributed by atoms with Crippen molar-refractivity contribution in [1.29, 1.82) is 0 Å². The topological polar surface area (TPSA) is 98.3 Å². The number of rotatable bonds is 3. The van der Waals surface area contributed by atoms with E-state index in [-0.39, 0.29) is 17.3 Å². The normalized spacial score (nSPS) is 15.2. The summed E-state index contributed by atoms with van der Waals surface area (Å²) >= 11 is 0. The minimum Gasteiger partial charge on any atom is -0.336 e. The largest absolute Gasteiger partial charge is 0.336 e. The zero-order valence-electron chi connectivity index (χ0n) is 17.2. The smallest absolute Gasteiger partial charge is 0.293 e. The second-order valence-corrected chi connectivity index (χ2v) is 7.83. The van der Waals surface area contributed by atoms with E-state index < -0.39 is 0 Å². The molecule has 0 spiro atoms. The van der Waals surface area contributed by atoms with Crippen molar-refractivity contribution < 1.29 is 4.79 Å². The maximum atomic E-state index is 12.9. The maximum Gasteiger partial charge on any atom is 0.293 e. The van der Waals surface area contributed by atoms with Gasteiger partial charge in [-0.2, -0.15) is 4.98 Å². The summed E-state index contributed by atoms with van der Waals surface area (Å²) < 4.78 is 3.29. The van der Waals surface area contributed by atoms with Gasteiger partial charge in [-0.15, -0.1) is 5.10 Å². The van der Waals surface area contributed by atoms with Gasteiger partial charge in [-0.3, -0.25) is 14.2 Å². The monoisotopic (exact) mass is 395 g/mol. The fourth-order valence-corrected chi connectivity index (χ4v) is 3.80. The highest BCUT2D eigenvalue weighted by Crippen LogP contribution is 2.20. The lowest BCUT2D eigenvalue weighted by Gasteiger charge is -2.31. The van der Waals surface area contributed by atoms with Crippen LogP contribution < -0.4 is 5.56 Å². The summed E-state index contributed by atoms with van der Waals surface area (Å²) in [6, 6.07) is 1.91. The summed E-state index contributed by atoms with van der Waals surface area (Å²) in [7, 11) is 0. The number of likely N-dealkylation sites (tertiary alicyclic amines) is 1. The predicted octanol–water partition coefficient (Wildman–Crippen LogP) is 1.47. The summed E-state index contributed by atoms with van der Waals surface area (Å²) in [6.07, 6.45) is 3.28. The van der Waals surface area contributed by atoms with Crippen LogP contribution in [0.4, 0.5) is 0 Å². The van der Waals surface area contributed by atoms with Crippen LogP contribution in [0.1, 0.15) is 46.1 Å². The fraction of sp³-hybridized carbons (Fsp3) is 0.500. The lowest BCUT2D eigenvalue weighted by molar-refractivity contribution is 0.0670. The maximum absolute atomic E-state index is 12.9. The van der Waals surface area contributed by atoms with Crippen molar-refractivity contribution >= 4 is 11.7 Å². The third kappa shape index (κ3) is 3.64. The first-order valence-electron chi connectivity index (χ1n) is 9.86. The number of amides is 1. The van der Waals surface area contributed by atoms with Gasteiger partial charge in [-0.25, -0.2) is 14.5 Å². The van der Waals surface area contributed by atoms with E-state index in [0.717, 1.165) is 29.9 Å². The molecule has 1 amide bonds. The van der Waals surface area contributed by atoms with E-state index >= 15 is 0 Å². The van der Waals surface area contributed by atoms with Gasteiger partial charge in [0.25, 0.3) is 17.2 Å². The van der Waals surface area contributed by atoms with Gasteiger partial charge >= 0.3 is 0 Å². The molecule has 4 rings (SSSR count). The second-order valence-electron chi connectivity index (χ2n) is 7.83. The highest BCUT2D eigenvalue weighted by molar-refractivity contribution is 5.90. The second kappa shape index (κ2) is 7.38. The van der Waals surface area contributed by atoms with Crippen LogP contribution in [0, 0.1) is 33.6 Å². The molecule has 3 aromatic heterocycles. The van der Waals surface area contributed by atoms with Crippen LogP contribution in [0.2, 0.25) is 0 Å². The Bertz CT molecular complexity index is 1140. The first-order valence-corrected chi connectivity index (χ1v) is 9.86. The predicted molar refractivity (Wildman–Crippen MR) is 107 cm³/mol. The molecule has 1 aliphatic rings. The summed E-state index contributed by atoms with van der Waals surface area (Å²) in [4.78, 5) is 40.0. The molecule has 1 saturated heterocycles. The summed E-state index contributed by atoms with van der Waals surface area (Å²) in [5.41, 5.74) is 3.22. The Morgan fingerprint density at radius 1 is 1.14 bits per heavy atom. The number of piperidine rings is 1. The van der Waals surface area contributed by atoms with Gasteiger partial charge < -0.3 is 4.90 Å². The van der Waals surface area contributed by atoms with E-state index in [9.17, 15) is 9.59 Å². The van der Waals surface area contributed by atoms with E-state index in [0.29, 0.717) is 36.9 Å². The summed E-state index contributed by atoms with van der Waals surface area (Å²) in [5, 5.41) is 4.34. The molecule has 29 heavy (non-hydrogen) atoms. The van der Waals surface area contributed by atoms with Crippen LogP contribution in [0.25, 0.3) is 5.78 Å². The van der Waals surface area contributed by atoms with Gasteiger partial charge in [-0.05, 0) is 52.5 Å². The zero-order valence-corrected chi connectivity index (χ0v) is 17.2. The molecule has 3 aromatic rings. The van der Waals surface area contributed by atoms with E-state index in [1.165, 1.54) is 0 Å². The van der Waals surface area contributed by atoms with Gasteiger partial charge in [-0.1, -0.05) is 0 Å². The number of aryl methyl sites for hydroxylation is 3. The summed E-state index contributed by atoms with van der Waals surface area (Å²) in [5.74, 6) is 0.791. The molecule has 0 unspecified atom stereocenters. The standard InChI is InChI=1S/C20H25N7O2/c1-12-9-13(2)27-20(22-12)23-17(24-27)19(29)25-7-5-16(6-8-25)10-26-11-21-15(4)14(3)18(26)28/h9,11,16H,5-8,10H2,1-4H3. The lowest BCUT2D eigenvalue weighted by Crippen LogP contribution is -2.40. The van der Waals surface area contributed by atoms with Gasteiger partial charge in [0.2, 0.25) is 5.82 Å². The molecule has 152 valence electrons. The molecule has 1 fully saturated rings. The molecular weight excluding hydrogens is 370 g/mol. The van der Waals surface area contributed by atoms with E-state index in [1.807, 2.05) is 33.8 Å². The fourth-order valence-electron chi connectivity index (χ4n) is 3.80. The highest BCUT2D eigenvalue weighted by atomic mass is 16.2. The van der Waals surface area contributed by atoms with Crippen molar-refractivity contribution in [2.45, 2.75) is 47.1 Å². The van der Waals surface area contributed by atoms with Crippen molar-refractivity contribution in [3.05, 3.63) is 51.2 Å². The average molecular weight is 395 g/mol. The molecule has 0 aliphatic carbocycles. The Morgan fingerprint density at radius 2 is 1.86 bits per heavy atom. The van der Waals surface area contributed by atoms with Gasteiger partial charge in [0.1, 0.15) is 0 Å². The molecule has 9 nitrogen and oxygen atoms in total. The third-order valence-electron chi connectivity index (χ3n) is 5.68. The van der Waals surface area contributed by atoms with Crippen LogP contribution in [0.15, 0.2) is 17.2 Å². The van der Waals surface area contributed by atoms with Gasteiger partial charge in [0.05, 0.1) is 6.33 Å². The van der Waals surface area contributed by atoms with Crippen molar-refractivity contribution in [3.8, 4) is 0 Å². The first kappa shape index (κ1) is 19.2. The minimum absolute atomic E-state index is 0.0167. The van der Waals surface area contributed by atoms with Crippen LogP contribution in [-0.2, 0) is 6.54 Å². The molecule has 0 atom stereocenters. The SMILES string of the molecule is Cc1cc(C)n2nc(C(=O)N3CCC(Cn4cnc(C)c(C)c4=O)CC3)nc2n1. The van der Waals surface area contributed by atoms with Crippen LogP contribution >= 0.6 is 0 Å². The number of aromatic nitrogens is 6. The highest BCUT2D eigenvalue weighted by Gasteiger charge is 2.27. The van der Waals surface area contributed by atoms with Gasteiger partial charge in [0.15, 0.2) is 0 Å². The molecule has 0 saturated carbocycles. The number of carbonyl (C=O) groups is 1. The Kier molecular flexibility index (Phi) is 4.89. The molecule has 9 heteroatoms. The molecule has 0 bridgehead atoms. The number of hydrogen-bond acceptors (Lipinski definition) is 6. The van der Waals surface area contributed by atoms with Crippen molar-refractivity contribution in [3.63, 3.8) is 0 Å². The Balaban J connectivity index is 1.43. The average Bonchev–Trinajstić information content (AvgIpc) is 3.13. The number of nitrogens with zero attached hydrogens (tertiary/aromatic N) is 7. The quantitative estimate of drug-likeness (QED) is 0.666. The van der Waals surface area contributed by atoms with Crippen molar-refractivity contribution in [2.24, 2.45) is 5.92 Å². The molecule has 4 heterocycles. The van der Waals surface area contributed by atoms with Crippen LogP contribution in [0.5, 0.6) is 0 Å². The molecule has 0 N–H and O–H groups in total. The molecule has 0 radical (unpaired) electrons. The number of fused-ring (bicyclic) bond motifs is 1. The first-order chi connectivity index (χ1) is 13.8. The van der Waals surface area contributed by atoms with Crippen molar-refractivity contribution in [2.75, 3.05) is 13.1 Å². The van der Waals surface area contributed by atoms with Crippen LogP contribution in [-0.4, -0.2) is 53.0 Å². The lowest BCUT2D eigenvalue weighted by atomic mass is 9.96. The van der Waals surface area contributed by atoms with E-state index in [1.54, 1.807) is 20.3 Å². The Morgan fingerprint density at radius 3 is 2.59 bits per heavy atom. The molecule has 0 aromatic carbocycles. The van der Waals surface area contributed by atoms with Crippen molar-refractivity contribution in [1.82, 2.24) is 34.0 Å². The Hall–Kier alpha value is -3.10. The van der Waals surface area contributed by atoms with Gasteiger partial charge in [0, 0.05) is 42.3 Å². The summed E-state index contributed by atoms with van der Waals surface area (Å²) in [6.45, 7) is 9.34.